The van der Waals surface area contributed by atoms with E-state index in [1.54, 1.807) is 18.3 Å². The first-order chi connectivity index (χ1) is 15.6. The van der Waals surface area contributed by atoms with Gasteiger partial charge in [0.15, 0.2) is 0 Å². The van der Waals surface area contributed by atoms with Crippen LogP contribution in [0.4, 0.5) is 15.9 Å². The van der Waals surface area contributed by atoms with Crippen molar-refractivity contribution in [3.63, 3.8) is 0 Å². The number of aryl methyl sites for hydroxylation is 1. The number of fused-ring (bicyclic) bond motifs is 1. The van der Waals surface area contributed by atoms with Crippen LogP contribution in [0, 0.1) is 17.1 Å². The molecule has 0 bridgehead atoms. The van der Waals surface area contributed by atoms with Gasteiger partial charge in [-0.3, -0.25) is 4.90 Å². The maximum atomic E-state index is 13.9. The molecule has 1 fully saturated rings. The smallest absolute Gasteiger partial charge is 0.140 e. The van der Waals surface area contributed by atoms with E-state index in [1.165, 1.54) is 6.07 Å². The fourth-order valence-electron chi connectivity index (χ4n) is 4.53. The van der Waals surface area contributed by atoms with Crippen LogP contribution in [-0.4, -0.2) is 26.0 Å². The third kappa shape index (κ3) is 3.93. The lowest BCUT2D eigenvalue weighted by atomic mass is 10.1. The summed E-state index contributed by atoms with van der Waals surface area (Å²) in [6.45, 7) is 1.74. The Kier molecular flexibility index (Phi) is 5.29. The number of hydrogen-bond donors (Lipinski definition) is 1. The number of nitrogens with zero attached hydrogens (tertiary/aromatic N) is 5. The van der Waals surface area contributed by atoms with Crippen molar-refractivity contribution in [2.75, 3.05) is 11.9 Å². The number of hydrogen-bond acceptors (Lipinski definition) is 5. The van der Waals surface area contributed by atoms with E-state index in [1.807, 2.05) is 37.4 Å². The number of nitriles is 1. The first-order valence-electron chi connectivity index (χ1n) is 10.7. The fraction of sp³-hybridized carbons (Fsp3) is 0.240. The number of halogens is 1. The first kappa shape index (κ1) is 20.2. The molecule has 5 rings (SSSR count). The molecule has 0 radical (unpaired) electrons. The molecule has 4 aromatic rings. The largest absolute Gasteiger partial charge is 0.350 e. The summed E-state index contributed by atoms with van der Waals surface area (Å²) in [5, 5.41) is 13.1. The van der Waals surface area contributed by atoms with Crippen molar-refractivity contribution in [1.29, 1.82) is 5.26 Å². The Bertz CT molecular complexity index is 1300. The van der Waals surface area contributed by atoms with Crippen molar-refractivity contribution in [3.05, 3.63) is 83.7 Å². The molecule has 3 aromatic heterocycles. The van der Waals surface area contributed by atoms with Crippen LogP contribution in [-0.2, 0) is 13.6 Å². The molecular formula is C25H23FN6. The Morgan fingerprint density at radius 2 is 2.12 bits per heavy atom. The van der Waals surface area contributed by atoms with Gasteiger partial charge in [-0.1, -0.05) is 6.07 Å². The normalized spacial score (nSPS) is 16.3. The van der Waals surface area contributed by atoms with E-state index < -0.39 is 0 Å². The van der Waals surface area contributed by atoms with Crippen LogP contribution in [0.15, 0.2) is 60.9 Å². The third-order valence-corrected chi connectivity index (χ3v) is 6.03. The second kappa shape index (κ2) is 8.40. The minimum Gasteiger partial charge on any atom is -0.350 e. The average molecular weight is 426 g/mol. The monoisotopic (exact) mass is 426 g/mol. The molecular weight excluding hydrogens is 403 g/mol. The summed E-state index contributed by atoms with van der Waals surface area (Å²) in [4.78, 5) is 11.4. The molecule has 1 atom stereocenters. The lowest BCUT2D eigenvalue weighted by Crippen LogP contribution is -2.23. The van der Waals surface area contributed by atoms with Gasteiger partial charge in [0.2, 0.25) is 0 Å². The van der Waals surface area contributed by atoms with Crippen molar-refractivity contribution >= 4 is 22.4 Å². The van der Waals surface area contributed by atoms with Crippen LogP contribution in [0.25, 0.3) is 10.9 Å². The van der Waals surface area contributed by atoms with Crippen molar-refractivity contribution < 1.29 is 4.39 Å². The van der Waals surface area contributed by atoms with Gasteiger partial charge in [-0.25, -0.2) is 14.4 Å². The van der Waals surface area contributed by atoms with Crippen LogP contribution in [0.1, 0.15) is 35.8 Å². The summed E-state index contributed by atoms with van der Waals surface area (Å²) in [6.07, 6.45) is 5.87. The molecule has 7 heteroatoms. The highest BCUT2D eigenvalue weighted by Crippen LogP contribution is 2.34. The van der Waals surface area contributed by atoms with Gasteiger partial charge in [-0.05, 0) is 67.4 Å². The number of pyridine rings is 2. The average Bonchev–Trinajstić information content (AvgIpc) is 3.39. The zero-order valence-electron chi connectivity index (χ0n) is 17.8. The van der Waals surface area contributed by atoms with E-state index in [4.69, 9.17) is 10.2 Å². The van der Waals surface area contributed by atoms with E-state index in [2.05, 4.69) is 32.0 Å². The molecule has 32 heavy (non-hydrogen) atoms. The van der Waals surface area contributed by atoms with Crippen molar-refractivity contribution in [3.8, 4) is 6.07 Å². The first-order valence-corrected chi connectivity index (χ1v) is 10.7. The van der Waals surface area contributed by atoms with Gasteiger partial charge >= 0.3 is 0 Å². The molecule has 0 aliphatic carbocycles. The number of likely N-dealkylation sites (tertiary alicyclic amines) is 1. The Balaban J connectivity index is 1.37. The second-order valence-electron chi connectivity index (χ2n) is 8.17. The topological polar surface area (TPSA) is 69.8 Å². The van der Waals surface area contributed by atoms with E-state index in [0.717, 1.165) is 59.6 Å². The van der Waals surface area contributed by atoms with E-state index in [0.29, 0.717) is 5.69 Å². The SMILES string of the molecule is Cn1cc(CN2CCC[C@H]2c2cccc(Nc3ccc(C#N)nc3)n2)c2cc(F)ccc21. The zero-order valence-corrected chi connectivity index (χ0v) is 17.8. The summed E-state index contributed by atoms with van der Waals surface area (Å²) < 4.78 is 15.9. The van der Waals surface area contributed by atoms with Gasteiger partial charge in [0, 0.05) is 30.7 Å². The molecule has 1 saturated heterocycles. The van der Waals surface area contributed by atoms with Gasteiger partial charge in [-0.15, -0.1) is 0 Å². The van der Waals surface area contributed by atoms with Crippen molar-refractivity contribution in [2.24, 2.45) is 7.05 Å². The number of anilines is 2. The Labute approximate surface area is 186 Å². The molecule has 0 spiro atoms. The minimum atomic E-state index is -0.208. The molecule has 0 amide bonds. The maximum absolute atomic E-state index is 13.9. The summed E-state index contributed by atoms with van der Waals surface area (Å²) in [5.74, 6) is 0.536. The quantitative estimate of drug-likeness (QED) is 0.483. The molecule has 6 nitrogen and oxygen atoms in total. The van der Waals surface area contributed by atoms with E-state index >= 15 is 0 Å². The molecule has 1 aliphatic rings. The van der Waals surface area contributed by atoms with Gasteiger partial charge < -0.3 is 9.88 Å². The summed E-state index contributed by atoms with van der Waals surface area (Å²) in [6, 6.07) is 16.7. The Hall–Kier alpha value is -3.76. The second-order valence-corrected chi connectivity index (χ2v) is 8.17. The fourth-order valence-corrected chi connectivity index (χ4v) is 4.53. The molecule has 160 valence electrons. The molecule has 4 heterocycles. The Morgan fingerprint density at radius 1 is 1.22 bits per heavy atom. The molecule has 1 aliphatic heterocycles. The number of rotatable bonds is 5. The van der Waals surface area contributed by atoms with Gasteiger partial charge in [0.25, 0.3) is 0 Å². The predicted molar refractivity (Wildman–Crippen MR) is 122 cm³/mol. The molecule has 0 saturated carbocycles. The zero-order chi connectivity index (χ0) is 22.1. The number of aromatic nitrogens is 3. The highest BCUT2D eigenvalue weighted by molar-refractivity contribution is 5.84. The Morgan fingerprint density at radius 3 is 2.94 bits per heavy atom. The summed E-state index contributed by atoms with van der Waals surface area (Å²) in [5.41, 5.74) is 4.35. The third-order valence-electron chi connectivity index (χ3n) is 6.03. The predicted octanol–water partition coefficient (Wildman–Crippen LogP) is 5.06. The lowest BCUT2D eigenvalue weighted by molar-refractivity contribution is 0.245. The standard InChI is InChI=1S/C25H23FN6/c1-31-15-17(21-12-18(26)7-10-23(21)31)16-32-11-3-5-24(32)22-4-2-6-25(30-22)29-20-9-8-19(13-27)28-14-20/h2,4,6-10,12,14-15,24H,3,5,11,16H2,1H3,(H,29,30)/t24-/m0/s1. The summed E-state index contributed by atoms with van der Waals surface area (Å²) >= 11 is 0. The van der Waals surface area contributed by atoms with Gasteiger partial charge in [0.05, 0.1) is 23.6 Å². The van der Waals surface area contributed by atoms with Crippen LogP contribution in [0.3, 0.4) is 0 Å². The lowest BCUT2D eigenvalue weighted by Gasteiger charge is -2.24. The highest BCUT2D eigenvalue weighted by Gasteiger charge is 2.28. The van der Waals surface area contributed by atoms with Crippen molar-refractivity contribution in [1.82, 2.24) is 19.4 Å². The van der Waals surface area contributed by atoms with Gasteiger partial charge in [0.1, 0.15) is 23.4 Å². The van der Waals surface area contributed by atoms with Gasteiger partial charge in [-0.2, -0.15) is 5.26 Å². The minimum absolute atomic E-state index is 0.208. The highest BCUT2D eigenvalue weighted by atomic mass is 19.1. The molecule has 1 N–H and O–H groups in total. The van der Waals surface area contributed by atoms with Crippen LogP contribution in [0.2, 0.25) is 0 Å². The maximum Gasteiger partial charge on any atom is 0.140 e. The molecule has 1 aromatic carbocycles. The van der Waals surface area contributed by atoms with Crippen LogP contribution in [0.5, 0.6) is 0 Å². The number of nitrogens with one attached hydrogen (secondary N) is 1. The molecule has 0 unspecified atom stereocenters. The van der Waals surface area contributed by atoms with Crippen LogP contribution < -0.4 is 5.32 Å². The summed E-state index contributed by atoms with van der Waals surface area (Å²) in [7, 11) is 2.00. The van der Waals surface area contributed by atoms with Crippen molar-refractivity contribution in [2.45, 2.75) is 25.4 Å². The van der Waals surface area contributed by atoms with E-state index in [9.17, 15) is 4.39 Å². The van der Waals surface area contributed by atoms with E-state index in [-0.39, 0.29) is 11.9 Å². The van der Waals surface area contributed by atoms with Crippen LogP contribution >= 0.6 is 0 Å². The number of benzene rings is 1.